The fourth-order valence-electron chi connectivity index (χ4n) is 3.38. The van der Waals surface area contributed by atoms with Crippen molar-refractivity contribution in [3.8, 4) is 6.07 Å². The second-order valence-electron chi connectivity index (χ2n) is 5.41. The Morgan fingerprint density at radius 2 is 2.11 bits per heavy atom. The average Bonchev–Trinajstić information content (AvgIpc) is 3.00. The van der Waals surface area contributed by atoms with Crippen molar-refractivity contribution in [2.45, 2.75) is 50.1 Å². The van der Waals surface area contributed by atoms with E-state index in [9.17, 15) is 5.26 Å². The number of nitrogens with zero attached hydrogens (tertiary/aromatic N) is 1. The van der Waals surface area contributed by atoms with Crippen LogP contribution in [-0.2, 0) is 12.0 Å². The molecular weight excluding hydrogens is 288 g/mol. The molecule has 1 saturated carbocycles. The van der Waals surface area contributed by atoms with Crippen molar-refractivity contribution >= 4 is 15.9 Å². The van der Waals surface area contributed by atoms with Gasteiger partial charge in [-0.1, -0.05) is 40.9 Å². The van der Waals surface area contributed by atoms with E-state index in [1.165, 1.54) is 36.8 Å². The molecule has 0 saturated heterocycles. The van der Waals surface area contributed by atoms with Gasteiger partial charge in [-0.25, -0.2) is 0 Å². The second-order valence-corrected chi connectivity index (χ2v) is 6.26. The summed E-state index contributed by atoms with van der Waals surface area (Å²) in [6, 6.07) is 9.30. The van der Waals surface area contributed by atoms with Crippen LogP contribution in [0.3, 0.4) is 0 Å². The van der Waals surface area contributed by atoms with Crippen molar-refractivity contribution in [3.63, 3.8) is 0 Å². The monoisotopic (exact) mass is 304 g/mol. The normalized spacial score (nSPS) is 27.1. The van der Waals surface area contributed by atoms with E-state index in [1.807, 2.05) is 6.07 Å². The Morgan fingerprint density at radius 3 is 2.83 bits per heavy atom. The van der Waals surface area contributed by atoms with Crippen molar-refractivity contribution in [2.75, 3.05) is 0 Å². The highest BCUT2D eigenvalue weighted by Gasteiger charge is 2.41. The topological polar surface area (TPSA) is 35.8 Å². The summed E-state index contributed by atoms with van der Waals surface area (Å²) in [4.78, 5) is 0. The summed E-state index contributed by atoms with van der Waals surface area (Å²) in [6.45, 7) is 0. The third-order valence-electron chi connectivity index (χ3n) is 4.33. The first-order valence-electron chi connectivity index (χ1n) is 6.72. The molecule has 2 nitrogen and oxygen atoms in total. The number of hydrogen-bond donors (Lipinski definition) is 1. The van der Waals surface area contributed by atoms with Gasteiger partial charge < -0.3 is 0 Å². The van der Waals surface area contributed by atoms with Gasteiger partial charge >= 0.3 is 0 Å². The van der Waals surface area contributed by atoms with Gasteiger partial charge in [0.1, 0.15) is 5.54 Å². The molecule has 18 heavy (non-hydrogen) atoms. The summed E-state index contributed by atoms with van der Waals surface area (Å²) in [5.41, 5.74) is 2.05. The molecule has 3 heteroatoms. The van der Waals surface area contributed by atoms with Gasteiger partial charge in [0.05, 0.1) is 6.07 Å². The Bertz CT molecular complexity index is 500. The predicted molar refractivity (Wildman–Crippen MR) is 75.1 cm³/mol. The van der Waals surface area contributed by atoms with Crippen molar-refractivity contribution in [1.82, 2.24) is 5.32 Å². The van der Waals surface area contributed by atoms with Crippen LogP contribution in [0.5, 0.6) is 0 Å². The van der Waals surface area contributed by atoms with Gasteiger partial charge in [0, 0.05) is 10.5 Å². The quantitative estimate of drug-likeness (QED) is 0.905. The zero-order chi connectivity index (χ0) is 12.6. The molecule has 0 aromatic heterocycles. The Balaban J connectivity index is 1.95. The minimum absolute atomic E-state index is 0.450. The van der Waals surface area contributed by atoms with Crippen LogP contribution in [0.25, 0.3) is 0 Å². The number of hydrogen-bond acceptors (Lipinski definition) is 2. The van der Waals surface area contributed by atoms with Gasteiger partial charge in [0.25, 0.3) is 0 Å². The van der Waals surface area contributed by atoms with E-state index in [-0.39, 0.29) is 0 Å². The molecule has 0 heterocycles. The standard InChI is InChI=1S/C15H17BrN2/c16-14-7-3-6-13-12(14)8-9-15(13,10-17)18-11-4-1-2-5-11/h3,6-7,11,18H,1-2,4-5,8-9H2. The molecule has 1 N–H and O–H groups in total. The summed E-state index contributed by atoms with van der Waals surface area (Å²) in [5, 5.41) is 13.3. The van der Waals surface area contributed by atoms with Crippen LogP contribution in [0.4, 0.5) is 0 Å². The molecule has 0 amide bonds. The number of halogens is 1. The molecule has 1 atom stereocenters. The third kappa shape index (κ3) is 1.88. The van der Waals surface area contributed by atoms with E-state index in [2.05, 4.69) is 39.4 Å². The van der Waals surface area contributed by atoms with Crippen molar-refractivity contribution in [2.24, 2.45) is 0 Å². The lowest BCUT2D eigenvalue weighted by atomic mass is 9.92. The number of rotatable bonds is 2. The second kappa shape index (κ2) is 4.68. The molecule has 0 spiro atoms. The first-order valence-corrected chi connectivity index (χ1v) is 7.51. The maximum absolute atomic E-state index is 9.69. The fourth-order valence-corrected chi connectivity index (χ4v) is 3.94. The molecular formula is C15H17BrN2. The first-order chi connectivity index (χ1) is 8.75. The summed E-state index contributed by atoms with van der Waals surface area (Å²) < 4.78 is 1.14. The summed E-state index contributed by atoms with van der Waals surface area (Å²) in [6.07, 6.45) is 6.91. The largest absolute Gasteiger partial charge is 0.293 e. The molecule has 1 fully saturated rings. The van der Waals surface area contributed by atoms with Gasteiger partial charge in [-0.05, 0) is 42.9 Å². The predicted octanol–water partition coefficient (Wildman–Crippen LogP) is 3.65. The van der Waals surface area contributed by atoms with Gasteiger partial charge in [-0.15, -0.1) is 0 Å². The SMILES string of the molecule is N#CC1(NC2CCCC2)CCc2c(Br)cccc21. The minimum atomic E-state index is -0.450. The van der Waals surface area contributed by atoms with Gasteiger partial charge in [0.2, 0.25) is 0 Å². The number of nitrogens with one attached hydrogen (secondary N) is 1. The van der Waals surface area contributed by atoms with E-state index in [1.54, 1.807) is 0 Å². The first kappa shape index (κ1) is 12.2. The molecule has 1 aromatic rings. The van der Waals surface area contributed by atoms with E-state index in [0.717, 1.165) is 17.3 Å². The number of fused-ring (bicyclic) bond motifs is 1. The van der Waals surface area contributed by atoms with Crippen molar-refractivity contribution < 1.29 is 0 Å². The van der Waals surface area contributed by atoms with Crippen molar-refractivity contribution in [1.29, 1.82) is 5.26 Å². The van der Waals surface area contributed by atoms with E-state index in [0.29, 0.717) is 6.04 Å². The van der Waals surface area contributed by atoms with Gasteiger partial charge in [-0.3, -0.25) is 5.32 Å². The molecule has 2 aliphatic carbocycles. The van der Waals surface area contributed by atoms with E-state index in [4.69, 9.17) is 0 Å². The smallest absolute Gasteiger partial charge is 0.133 e. The zero-order valence-electron chi connectivity index (χ0n) is 10.4. The molecule has 1 unspecified atom stereocenters. The van der Waals surface area contributed by atoms with E-state index >= 15 is 0 Å². The van der Waals surface area contributed by atoms with Crippen LogP contribution >= 0.6 is 15.9 Å². The highest BCUT2D eigenvalue weighted by molar-refractivity contribution is 9.10. The maximum atomic E-state index is 9.69. The van der Waals surface area contributed by atoms with Gasteiger partial charge in [-0.2, -0.15) is 5.26 Å². The molecule has 0 bridgehead atoms. The minimum Gasteiger partial charge on any atom is -0.293 e. The van der Waals surface area contributed by atoms with Crippen LogP contribution in [-0.4, -0.2) is 6.04 Å². The van der Waals surface area contributed by atoms with Crippen LogP contribution in [0.15, 0.2) is 22.7 Å². The Morgan fingerprint density at radius 1 is 1.33 bits per heavy atom. The lowest BCUT2D eigenvalue weighted by Crippen LogP contribution is -2.44. The molecule has 2 aliphatic rings. The molecule has 94 valence electrons. The molecule has 1 aromatic carbocycles. The molecule has 3 rings (SSSR count). The highest BCUT2D eigenvalue weighted by Crippen LogP contribution is 2.41. The lowest BCUT2D eigenvalue weighted by molar-refractivity contribution is 0.361. The van der Waals surface area contributed by atoms with Gasteiger partial charge in [0.15, 0.2) is 0 Å². The van der Waals surface area contributed by atoms with Crippen LogP contribution in [0, 0.1) is 11.3 Å². The molecule has 0 radical (unpaired) electrons. The molecule has 0 aliphatic heterocycles. The highest BCUT2D eigenvalue weighted by atomic mass is 79.9. The average molecular weight is 305 g/mol. The Kier molecular flexibility index (Phi) is 3.17. The Labute approximate surface area is 117 Å². The zero-order valence-corrected chi connectivity index (χ0v) is 12.0. The van der Waals surface area contributed by atoms with Crippen LogP contribution in [0.1, 0.15) is 43.2 Å². The lowest BCUT2D eigenvalue weighted by Gasteiger charge is -2.28. The summed E-state index contributed by atoms with van der Waals surface area (Å²) in [5.74, 6) is 0. The fraction of sp³-hybridized carbons (Fsp3) is 0.533. The van der Waals surface area contributed by atoms with Crippen molar-refractivity contribution in [3.05, 3.63) is 33.8 Å². The Hall–Kier alpha value is -0.850. The van der Waals surface area contributed by atoms with Crippen LogP contribution in [0.2, 0.25) is 0 Å². The van der Waals surface area contributed by atoms with Crippen LogP contribution < -0.4 is 5.32 Å². The number of benzene rings is 1. The maximum Gasteiger partial charge on any atom is 0.133 e. The third-order valence-corrected chi connectivity index (χ3v) is 5.07. The summed E-state index contributed by atoms with van der Waals surface area (Å²) >= 11 is 3.60. The summed E-state index contributed by atoms with van der Waals surface area (Å²) in [7, 11) is 0. The number of nitriles is 1. The van der Waals surface area contributed by atoms with E-state index < -0.39 is 5.54 Å².